The molecule has 0 radical (unpaired) electrons. The van der Waals surface area contributed by atoms with E-state index in [0.717, 1.165) is 6.92 Å². The molecule has 0 spiro atoms. The summed E-state index contributed by atoms with van der Waals surface area (Å²) in [6.45, 7) is 0.928. The summed E-state index contributed by atoms with van der Waals surface area (Å²) in [7, 11) is -3.86. The standard InChI is InChI=1S/C5H10ClNO4S/c1-5(7,4(8)9)12(10,11)3-2-6/h2-3,7H2,1H3,(H,8,9). The molecule has 0 saturated carbocycles. The van der Waals surface area contributed by atoms with Crippen LogP contribution < -0.4 is 5.73 Å². The van der Waals surface area contributed by atoms with Gasteiger partial charge in [-0.2, -0.15) is 0 Å². The molecule has 0 rings (SSSR count). The van der Waals surface area contributed by atoms with Crippen molar-refractivity contribution in [3.63, 3.8) is 0 Å². The summed E-state index contributed by atoms with van der Waals surface area (Å²) >= 11 is 5.17. The Morgan fingerprint density at radius 3 is 2.33 bits per heavy atom. The molecule has 0 aromatic rings. The molecule has 0 aliphatic rings. The minimum absolute atomic E-state index is 0.164. The zero-order valence-corrected chi connectivity index (χ0v) is 8.02. The van der Waals surface area contributed by atoms with Crippen molar-refractivity contribution in [1.82, 2.24) is 0 Å². The highest BCUT2D eigenvalue weighted by atomic mass is 35.5. The van der Waals surface area contributed by atoms with Gasteiger partial charge in [-0.25, -0.2) is 13.2 Å². The minimum atomic E-state index is -3.86. The Balaban J connectivity index is 4.90. The highest BCUT2D eigenvalue weighted by Gasteiger charge is 2.41. The van der Waals surface area contributed by atoms with Crippen LogP contribution in [0.5, 0.6) is 0 Å². The number of hydrogen-bond donors (Lipinski definition) is 2. The lowest BCUT2D eigenvalue weighted by Gasteiger charge is -2.18. The van der Waals surface area contributed by atoms with Crippen molar-refractivity contribution in [2.75, 3.05) is 11.6 Å². The normalized spacial score (nSPS) is 16.9. The second kappa shape index (κ2) is 3.59. The third-order valence-corrected chi connectivity index (χ3v) is 4.04. The molecule has 0 saturated heterocycles. The van der Waals surface area contributed by atoms with Gasteiger partial charge in [-0.3, -0.25) is 0 Å². The fraction of sp³-hybridized carbons (Fsp3) is 0.800. The Hall–Kier alpha value is -0.330. The molecule has 0 heterocycles. The number of rotatable bonds is 4. The molecule has 0 amide bonds. The van der Waals surface area contributed by atoms with Crippen molar-refractivity contribution in [3.05, 3.63) is 0 Å². The molecule has 12 heavy (non-hydrogen) atoms. The largest absolute Gasteiger partial charge is 0.479 e. The third-order valence-electron chi connectivity index (χ3n) is 1.42. The summed E-state index contributed by atoms with van der Waals surface area (Å²) in [5.41, 5.74) is 5.08. The van der Waals surface area contributed by atoms with E-state index in [9.17, 15) is 13.2 Å². The van der Waals surface area contributed by atoms with Crippen LogP contribution in [-0.4, -0.2) is 36.0 Å². The third kappa shape index (κ3) is 2.09. The zero-order valence-electron chi connectivity index (χ0n) is 6.45. The van der Waals surface area contributed by atoms with Crippen molar-refractivity contribution < 1.29 is 18.3 Å². The van der Waals surface area contributed by atoms with Gasteiger partial charge in [0.05, 0.1) is 5.75 Å². The van der Waals surface area contributed by atoms with Gasteiger partial charge in [-0.1, -0.05) is 0 Å². The molecule has 0 aliphatic carbocycles. The summed E-state index contributed by atoms with van der Waals surface area (Å²) < 4.78 is 22.2. The van der Waals surface area contributed by atoms with Gasteiger partial charge in [0.2, 0.25) is 4.87 Å². The predicted molar refractivity (Wildman–Crippen MR) is 44.7 cm³/mol. The maximum Gasteiger partial charge on any atom is 0.339 e. The van der Waals surface area contributed by atoms with E-state index in [1.165, 1.54) is 0 Å². The number of alkyl halides is 1. The lowest BCUT2D eigenvalue weighted by molar-refractivity contribution is -0.139. The average Bonchev–Trinajstić information content (AvgIpc) is 1.86. The van der Waals surface area contributed by atoms with E-state index in [2.05, 4.69) is 0 Å². The first kappa shape index (κ1) is 11.7. The van der Waals surface area contributed by atoms with Crippen molar-refractivity contribution in [2.45, 2.75) is 11.8 Å². The minimum Gasteiger partial charge on any atom is -0.479 e. The lowest BCUT2D eigenvalue weighted by atomic mass is 10.4. The van der Waals surface area contributed by atoms with Crippen molar-refractivity contribution in [2.24, 2.45) is 5.73 Å². The number of hydrogen-bond acceptors (Lipinski definition) is 4. The molecule has 1 unspecified atom stereocenters. The van der Waals surface area contributed by atoms with Crippen LogP contribution in [0.25, 0.3) is 0 Å². The highest BCUT2D eigenvalue weighted by Crippen LogP contribution is 2.11. The fourth-order valence-electron chi connectivity index (χ4n) is 0.447. The van der Waals surface area contributed by atoms with Crippen LogP contribution in [-0.2, 0) is 14.6 Å². The zero-order chi connectivity index (χ0) is 9.99. The van der Waals surface area contributed by atoms with Crippen LogP contribution >= 0.6 is 11.6 Å². The van der Waals surface area contributed by atoms with Crippen LogP contribution in [0.3, 0.4) is 0 Å². The van der Waals surface area contributed by atoms with Crippen LogP contribution in [0.4, 0.5) is 0 Å². The van der Waals surface area contributed by atoms with Crippen LogP contribution in [0, 0.1) is 0 Å². The van der Waals surface area contributed by atoms with Crippen molar-refractivity contribution in [1.29, 1.82) is 0 Å². The van der Waals surface area contributed by atoms with Gasteiger partial charge in [0.25, 0.3) is 0 Å². The SMILES string of the molecule is CC(N)(C(=O)O)S(=O)(=O)CCCl. The maximum atomic E-state index is 11.1. The van der Waals surface area contributed by atoms with Gasteiger partial charge in [-0.15, -0.1) is 11.6 Å². The molecule has 7 heteroatoms. The summed E-state index contributed by atoms with van der Waals surface area (Å²) in [6.07, 6.45) is 0. The number of halogens is 1. The van der Waals surface area contributed by atoms with E-state index in [1.54, 1.807) is 0 Å². The molecule has 0 aromatic carbocycles. The molecule has 72 valence electrons. The number of carboxylic acid groups (broad SMARTS) is 1. The van der Waals surface area contributed by atoms with Crippen LogP contribution in [0.2, 0.25) is 0 Å². The second-order valence-electron chi connectivity index (χ2n) is 2.42. The summed E-state index contributed by atoms with van der Waals surface area (Å²) in [6, 6.07) is 0. The van der Waals surface area contributed by atoms with Gasteiger partial charge >= 0.3 is 5.97 Å². The predicted octanol–water partition coefficient (Wildman–Crippen LogP) is -0.600. The molecule has 3 N–H and O–H groups in total. The average molecular weight is 216 g/mol. The van der Waals surface area contributed by atoms with E-state index in [4.69, 9.17) is 22.4 Å². The van der Waals surface area contributed by atoms with E-state index in [0.29, 0.717) is 0 Å². The Kier molecular flexibility index (Phi) is 3.49. The topological polar surface area (TPSA) is 97.5 Å². The maximum absolute atomic E-state index is 11.1. The fourth-order valence-corrected chi connectivity index (χ4v) is 1.95. The number of carboxylic acids is 1. The van der Waals surface area contributed by atoms with E-state index in [-0.39, 0.29) is 5.88 Å². The van der Waals surface area contributed by atoms with Crippen molar-refractivity contribution >= 4 is 27.4 Å². The number of carbonyl (C=O) groups is 1. The summed E-state index contributed by atoms with van der Waals surface area (Å²) in [5.74, 6) is -2.18. The number of aliphatic carboxylic acids is 1. The number of sulfone groups is 1. The molecule has 0 fully saturated rings. The monoisotopic (exact) mass is 215 g/mol. The Morgan fingerprint density at radius 2 is 2.08 bits per heavy atom. The summed E-state index contributed by atoms with van der Waals surface area (Å²) in [5, 5.41) is 8.46. The Labute approximate surface area is 75.4 Å². The van der Waals surface area contributed by atoms with E-state index >= 15 is 0 Å². The first-order valence-corrected chi connectivity index (χ1v) is 5.25. The van der Waals surface area contributed by atoms with E-state index in [1.807, 2.05) is 0 Å². The first-order valence-electron chi connectivity index (χ1n) is 3.06. The molecule has 0 aromatic heterocycles. The van der Waals surface area contributed by atoms with Gasteiger partial charge in [-0.05, 0) is 6.92 Å². The molecule has 1 atom stereocenters. The quantitative estimate of drug-likeness (QED) is 0.611. The van der Waals surface area contributed by atoms with E-state index < -0.39 is 26.4 Å². The summed E-state index contributed by atoms with van der Waals surface area (Å²) in [4.78, 5) is 8.15. The molecule has 5 nitrogen and oxygen atoms in total. The molecule has 0 aliphatic heterocycles. The molecular formula is C5H10ClNO4S. The van der Waals surface area contributed by atoms with Gasteiger partial charge < -0.3 is 10.8 Å². The van der Waals surface area contributed by atoms with Gasteiger partial charge in [0.1, 0.15) is 0 Å². The van der Waals surface area contributed by atoms with Gasteiger partial charge in [0.15, 0.2) is 9.84 Å². The Bertz CT molecular complexity index is 271. The van der Waals surface area contributed by atoms with Crippen molar-refractivity contribution in [3.8, 4) is 0 Å². The smallest absolute Gasteiger partial charge is 0.339 e. The van der Waals surface area contributed by atoms with Crippen LogP contribution in [0.15, 0.2) is 0 Å². The van der Waals surface area contributed by atoms with Crippen LogP contribution in [0.1, 0.15) is 6.92 Å². The first-order chi connectivity index (χ1) is 5.25. The second-order valence-corrected chi connectivity index (χ2v) is 5.28. The lowest BCUT2D eigenvalue weighted by Crippen LogP contribution is -2.53. The van der Waals surface area contributed by atoms with Gasteiger partial charge in [0, 0.05) is 5.88 Å². The number of nitrogens with two attached hydrogens (primary N) is 1. The highest BCUT2D eigenvalue weighted by molar-refractivity contribution is 7.93. The Morgan fingerprint density at radius 1 is 1.67 bits per heavy atom. The molecule has 0 bridgehead atoms. The molecular weight excluding hydrogens is 206 g/mol.